The van der Waals surface area contributed by atoms with Gasteiger partial charge >= 0.3 is 12.1 Å². The molecule has 0 saturated carbocycles. The van der Waals surface area contributed by atoms with Crippen molar-refractivity contribution in [3.63, 3.8) is 0 Å². The first-order chi connectivity index (χ1) is 19.5. The molecule has 3 N–H and O–H groups in total. The number of carboxylic acids is 1. The highest BCUT2D eigenvalue weighted by atomic mass is 16.6. The molecule has 3 unspecified atom stereocenters. The number of ether oxygens (including phenoxy) is 2. The molecule has 1 aromatic heterocycles. The van der Waals surface area contributed by atoms with Crippen molar-refractivity contribution in [2.75, 3.05) is 25.0 Å². The lowest BCUT2D eigenvalue weighted by atomic mass is 10.0. The summed E-state index contributed by atoms with van der Waals surface area (Å²) in [5.74, 6) is -0.715. The van der Waals surface area contributed by atoms with Crippen LogP contribution < -0.4 is 10.6 Å². The van der Waals surface area contributed by atoms with E-state index in [1.165, 1.54) is 0 Å². The molecule has 0 spiro atoms. The van der Waals surface area contributed by atoms with Crippen LogP contribution in [0.1, 0.15) is 24.0 Å². The summed E-state index contributed by atoms with van der Waals surface area (Å²) in [5, 5.41) is 15.3. The maximum Gasteiger partial charge on any atom is 0.410 e. The molecule has 1 aliphatic rings. The Labute approximate surface area is 233 Å². The second kappa shape index (κ2) is 14.6. The normalized spacial score (nSPS) is 17.1. The minimum atomic E-state index is -0.995. The van der Waals surface area contributed by atoms with Crippen LogP contribution in [-0.2, 0) is 32.1 Å². The monoisotopic (exact) mass is 546 g/mol. The molecule has 3 aromatic rings. The van der Waals surface area contributed by atoms with E-state index in [2.05, 4.69) is 15.6 Å². The van der Waals surface area contributed by atoms with Gasteiger partial charge in [0.2, 0.25) is 5.91 Å². The number of aliphatic carboxylic acids is 1. The van der Waals surface area contributed by atoms with Crippen LogP contribution in [0.3, 0.4) is 0 Å². The van der Waals surface area contributed by atoms with E-state index >= 15 is 0 Å². The van der Waals surface area contributed by atoms with Crippen LogP contribution in [0.25, 0.3) is 0 Å². The van der Waals surface area contributed by atoms with Crippen LogP contribution in [0.15, 0.2) is 85.1 Å². The topological polar surface area (TPSA) is 130 Å². The van der Waals surface area contributed by atoms with Gasteiger partial charge in [0, 0.05) is 18.8 Å². The predicted octanol–water partition coefficient (Wildman–Crippen LogP) is 3.49. The Morgan fingerprint density at radius 3 is 2.35 bits per heavy atom. The molecule has 1 saturated heterocycles. The van der Waals surface area contributed by atoms with Crippen molar-refractivity contribution >= 4 is 23.8 Å². The minimum absolute atomic E-state index is 0.150. The quantitative estimate of drug-likeness (QED) is 0.297. The largest absolute Gasteiger partial charge is 0.481 e. The number of rotatable bonds is 13. The van der Waals surface area contributed by atoms with E-state index in [1.54, 1.807) is 11.1 Å². The first kappa shape index (κ1) is 28.6. The second-order valence-electron chi connectivity index (χ2n) is 9.66. The van der Waals surface area contributed by atoms with E-state index in [-0.39, 0.29) is 32.2 Å². The lowest BCUT2D eigenvalue weighted by Gasteiger charge is -2.24. The Kier molecular flexibility index (Phi) is 10.5. The van der Waals surface area contributed by atoms with E-state index in [9.17, 15) is 19.5 Å². The van der Waals surface area contributed by atoms with Gasteiger partial charge < -0.3 is 30.1 Å². The number of nitrogens with zero attached hydrogens (tertiary/aromatic N) is 2. The van der Waals surface area contributed by atoms with Gasteiger partial charge in [-0.2, -0.15) is 0 Å². The third kappa shape index (κ3) is 9.09. The predicted molar refractivity (Wildman–Crippen MR) is 149 cm³/mol. The number of amides is 2. The average molecular weight is 547 g/mol. The number of carbonyl (C=O) groups is 3. The standard InChI is InChI=1S/C30H34N4O6/c35-28(33-24(16-29(36)37)15-22-9-3-1-4-10-22)21-39-26-17-25(18-32-27-13-7-8-14-31-27)34(19-26)30(38)40-20-23-11-5-2-6-12-23/h1-14,24-26H,15-21H2,(H,31,32)(H,33,35)(H,36,37). The van der Waals surface area contributed by atoms with Crippen LogP contribution in [0.5, 0.6) is 0 Å². The first-order valence-electron chi connectivity index (χ1n) is 13.2. The fraction of sp³-hybridized carbons (Fsp3) is 0.333. The summed E-state index contributed by atoms with van der Waals surface area (Å²) in [5.41, 5.74) is 1.81. The van der Waals surface area contributed by atoms with Crippen LogP contribution in [0.4, 0.5) is 10.6 Å². The Morgan fingerprint density at radius 2 is 1.68 bits per heavy atom. The highest BCUT2D eigenvalue weighted by Crippen LogP contribution is 2.22. The molecule has 2 amide bonds. The number of hydrogen-bond acceptors (Lipinski definition) is 7. The third-order valence-electron chi connectivity index (χ3n) is 6.56. The second-order valence-corrected chi connectivity index (χ2v) is 9.66. The third-order valence-corrected chi connectivity index (χ3v) is 6.56. The van der Waals surface area contributed by atoms with Gasteiger partial charge in [-0.25, -0.2) is 9.78 Å². The Balaban J connectivity index is 1.32. The number of carboxylic acid groups (broad SMARTS) is 1. The van der Waals surface area contributed by atoms with Gasteiger partial charge in [-0.1, -0.05) is 66.7 Å². The molecule has 10 nitrogen and oxygen atoms in total. The summed E-state index contributed by atoms with van der Waals surface area (Å²) < 4.78 is 11.5. The van der Waals surface area contributed by atoms with E-state index in [0.29, 0.717) is 25.2 Å². The molecule has 210 valence electrons. The highest BCUT2D eigenvalue weighted by molar-refractivity contribution is 5.78. The number of nitrogens with one attached hydrogen (secondary N) is 2. The summed E-state index contributed by atoms with van der Waals surface area (Å²) in [6.45, 7) is 0.596. The molecule has 0 bridgehead atoms. The SMILES string of the molecule is O=C(O)CC(Cc1ccccc1)NC(=O)COC1CC(CNc2ccccn2)N(C(=O)OCc2ccccc2)C1. The lowest BCUT2D eigenvalue weighted by Crippen LogP contribution is -2.41. The van der Waals surface area contributed by atoms with Crippen molar-refractivity contribution < 1.29 is 29.0 Å². The molecule has 0 radical (unpaired) electrons. The molecule has 3 atom stereocenters. The van der Waals surface area contributed by atoms with Gasteiger partial charge in [0.15, 0.2) is 0 Å². The molecule has 40 heavy (non-hydrogen) atoms. The fourth-order valence-corrected chi connectivity index (χ4v) is 4.65. The van der Waals surface area contributed by atoms with Crippen LogP contribution in [-0.4, -0.2) is 70.8 Å². The van der Waals surface area contributed by atoms with Gasteiger partial charge in [-0.3, -0.25) is 9.59 Å². The van der Waals surface area contributed by atoms with Gasteiger partial charge in [0.25, 0.3) is 0 Å². The zero-order valence-electron chi connectivity index (χ0n) is 22.1. The molecular weight excluding hydrogens is 512 g/mol. The zero-order chi connectivity index (χ0) is 28.2. The van der Waals surface area contributed by atoms with Gasteiger partial charge in [0.1, 0.15) is 19.0 Å². The van der Waals surface area contributed by atoms with Gasteiger partial charge in [-0.15, -0.1) is 0 Å². The molecule has 0 aliphatic carbocycles. The maximum absolute atomic E-state index is 13.0. The highest BCUT2D eigenvalue weighted by Gasteiger charge is 2.37. The molecular formula is C30H34N4O6. The molecule has 2 heterocycles. The van der Waals surface area contributed by atoms with E-state index in [4.69, 9.17) is 9.47 Å². The molecule has 4 rings (SSSR count). The smallest absolute Gasteiger partial charge is 0.410 e. The van der Waals surface area contributed by atoms with Crippen molar-refractivity contribution in [3.05, 3.63) is 96.2 Å². The number of hydrogen-bond donors (Lipinski definition) is 3. The van der Waals surface area contributed by atoms with Crippen LogP contribution in [0.2, 0.25) is 0 Å². The summed E-state index contributed by atoms with van der Waals surface area (Å²) >= 11 is 0. The van der Waals surface area contributed by atoms with Crippen molar-refractivity contribution in [1.29, 1.82) is 0 Å². The molecule has 1 fully saturated rings. The van der Waals surface area contributed by atoms with Gasteiger partial charge in [-0.05, 0) is 36.1 Å². The van der Waals surface area contributed by atoms with Crippen LogP contribution in [0, 0.1) is 0 Å². The van der Waals surface area contributed by atoms with Crippen molar-refractivity contribution in [1.82, 2.24) is 15.2 Å². The number of pyridine rings is 1. The summed E-state index contributed by atoms with van der Waals surface area (Å²) in [6, 6.07) is 23.6. The average Bonchev–Trinajstić information content (AvgIpc) is 3.38. The number of carbonyl (C=O) groups excluding carboxylic acids is 2. The van der Waals surface area contributed by atoms with Crippen LogP contribution >= 0.6 is 0 Å². The first-order valence-corrected chi connectivity index (χ1v) is 13.2. The zero-order valence-corrected chi connectivity index (χ0v) is 22.1. The van der Waals surface area contributed by atoms with Crippen molar-refractivity contribution in [2.24, 2.45) is 0 Å². The van der Waals surface area contributed by atoms with Crippen molar-refractivity contribution in [3.8, 4) is 0 Å². The fourth-order valence-electron chi connectivity index (χ4n) is 4.65. The summed E-state index contributed by atoms with van der Waals surface area (Å²) in [7, 11) is 0. The number of likely N-dealkylation sites (tertiary alicyclic amines) is 1. The van der Waals surface area contributed by atoms with Crippen molar-refractivity contribution in [2.45, 2.75) is 44.1 Å². The summed E-state index contributed by atoms with van der Waals surface area (Å²) in [4.78, 5) is 42.9. The Hall–Kier alpha value is -4.44. The Bertz CT molecular complexity index is 1230. The minimum Gasteiger partial charge on any atom is -0.481 e. The molecule has 10 heteroatoms. The molecule has 2 aromatic carbocycles. The number of benzene rings is 2. The maximum atomic E-state index is 13.0. The molecule has 1 aliphatic heterocycles. The lowest BCUT2D eigenvalue weighted by molar-refractivity contribution is -0.138. The summed E-state index contributed by atoms with van der Waals surface area (Å²) in [6.07, 6.45) is 1.52. The van der Waals surface area contributed by atoms with E-state index in [0.717, 1.165) is 11.1 Å². The van der Waals surface area contributed by atoms with E-state index in [1.807, 2.05) is 78.9 Å². The van der Waals surface area contributed by atoms with Gasteiger partial charge in [0.05, 0.1) is 25.1 Å². The number of aromatic nitrogens is 1. The Morgan fingerprint density at radius 1 is 0.975 bits per heavy atom. The number of anilines is 1. The van der Waals surface area contributed by atoms with E-state index < -0.39 is 30.1 Å².